The van der Waals surface area contributed by atoms with Gasteiger partial charge in [0.05, 0.1) is 12.6 Å². The monoisotopic (exact) mass is 238 g/mol. The average Bonchev–Trinajstić information content (AvgIpc) is 2.72. The van der Waals surface area contributed by atoms with E-state index < -0.39 is 6.04 Å². The topological polar surface area (TPSA) is 64.2 Å². The number of likely N-dealkylation sites (N-methyl/N-ethyl adjacent to an activating group) is 1. The number of aryl methyl sites for hydroxylation is 1. The summed E-state index contributed by atoms with van der Waals surface area (Å²) in [5, 5.41) is 0. The Morgan fingerprint density at radius 1 is 1.65 bits per heavy atom. The van der Waals surface area contributed by atoms with Gasteiger partial charge in [-0.25, -0.2) is 4.98 Å². The number of hydrogen-bond donors (Lipinski definition) is 1. The van der Waals surface area contributed by atoms with Crippen LogP contribution in [0.3, 0.4) is 0 Å². The van der Waals surface area contributed by atoms with E-state index in [9.17, 15) is 4.79 Å². The Bertz CT molecular complexity index is 374. The smallest absolute Gasteiger partial charge is 0.239 e. The minimum atomic E-state index is -0.426. The second kappa shape index (κ2) is 5.82. The van der Waals surface area contributed by atoms with E-state index in [0.29, 0.717) is 6.54 Å². The molecule has 0 saturated heterocycles. The van der Waals surface area contributed by atoms with E-state index >= 15 is 0 Å². The Kier molecular flexibility index (Phi) is 4.69. The van der Waals surface area contributed by atoms with Crippen molar-refractivity contribution in [1.82, 2.24) is 14.5 Å². The molecule has 1 heterocycles. The van der Waals surface area contributed by atoms with Crippen molar-refractivity contribution in [2.45, 2.75) is 32.9 Å². The highest BCUT2D eigenvalue weighted by Crippen LogP contribution is 2.09. The first-order valence-electron chi connectivity index (χ1n) is 5.94. The Hall–Kier alpha value is -1.36. The maximum absolute atomic E-state index is 12.0. The highest BCUT2D eigenvalue weighted by Gasteiger charge is 2.23. The summed E-state index contributed by atoms with van der Waals surface area (Å²) in [5.74, 6) is 1.03. The van der Waals surface area contributed by atoms with Crippen LogP contribution < -0.4 is 5.73 Å². The molecule has 0 aliphatic rings. The van der Waals surface area contributed by atoms with Gasteiger partial charge in [0.25, 0.3) is 0 Å². The predicted molar refractivity (Wildman–Crippen MR) is 67.1 cm³/mol. The van der Waals surface area contributed by atoms with Crippen LogP contribution in [-0.4, -0.2) is 33.4 Å². The van der Waals surface area contributed by atoms with E-state index in [0.717, 1.165) is 12.2 Å². The van der Waals surface area contributed by atoms with Gasteiger partial charge >= 0.3 is 0 Å². The SMILES string of the molecule is CCC(C)C(N)C(=O)N(C)Cc1nccn1C. The Balaban J connectivity index is 2.61. The van der Waals surface area contributed by atoms with Crippen molar-refractivity contribution >= 4 is 5.91 Å². The van der Waals surface area contributed by atoms with Crippen LogP contribution in [0, 0.1) is 5.92 Å². The lowest BCUT2D eigenvalue weighted by Gasteiger charge is -2.24. The van der Waals surface area contributed by atoms with Gasteiger partial charge in [0, 0.05) is 26.5 Å². The van der Waals surface area contributed by atoms with Crippen LogP contribution in [0.2, 0.25) is 0 Å². The van der Waals surface area contributed by atoms with Crippen LogP contribution in [0.1, 0.15) is 26.1 Å². The highest BCUT2D eigenvalue weighted by molar-refractivity contribution is 5.81. The Morgan fingerprint density at radius 2 is 2.29 bits per heavy atom. The van der Waals surface area contributed by atoms with E-state index in [1.807, 2.05) is 31.7 Å². The quantitative estimate of drug-likeness (QED) is 0.823. The second-order valence-electron chi connectivity index (χ2n) is 4.56. The number of rotatable bonds is 5. The van der Waals surface area contributed by atoms with Crippen LogP contribution in [0.25, 0.3) is 0 Å². The zero-order valence-corrected chi connectivity index (χ0v) is 11.1. The summed E-state index contributed by atoms with van der Waals surface area (Å²) < 4.78 is 1.90. The average molecular weight is 238 g/mol. The largest absolute Gasteiger partial charge is 0.337 e. The van der Waals surface area contributed by atoms with Gasteiger partial charge in [-0.05, 0) is 5.92 Å². The summed E-state index contributed by atoms with van der Waals surface area (Å²) >= 11 is 0. The van der Waals surface area contributed by atoms with Crippen molar-refractivity contribution in [3.05, 3.63) is 18.2 Å². The molecule has 5 nitrogen and oxygen atoms in total. The highest BCUT2D eigenvalue weighted by atomic mass is 16.2. The van der Waals surface area contributed by atoms with Gasteiger partial charge in [-0.3, -0.25) is 4.79 Å². The molecular weight excluding hydrogens is 216 g/mol. The number of hydrogen-bond acceptors (Lipinski definition) is 3. The maximum atomic E-state index is 12.0. The second-order valence-corrected chi connectivity index (χ2v) is 4.56. The first kappa shape index (κ1) is 13.7. The molecule has 96 valence electrons. The zero-order valence-electron chi connectivity index (χ0n) is 11.1. The lowest BCUT2D eigenvalue weighted by Crippen LogP contribution is -2.45. The van der Waals surface area contributed by atoms with Gasteiger partial charge in [0.2, 0.25) is 5.91 Å². The molecule has 0 aliphatic heterocycles. The number of amides is 1. The zero-order chi connectivity index (χ0) is 13.0. The van der Waals surface area contributed by atoms with E-state index in [4.69, 9.17) is 5.73 Å². The fourth-order valence-electron chi connectivity index (χ4n) is 1.59. The van der Waals surface area contributed by atoms with Crippen LogP contribution in [-0.2, 0) is 18.4 Å². The molecule has 2 unspecified atom stereocenters. The number of nitrogens with two attached hydrogens (primary N) is 1. The molecule has 0 fully saturated rings. The standard InChI is InChI=1S/C12H22N4O/c1-5-9(2)11(13)12(17)16(4)8-10-14-6-7-15(10)3/h6-7,9,11H,5,8,13H2,1-4H3. The maximum Gasteiger partial charge on any atom is 0.239 e. The minimum Gasteiger partial charge on any atom is -0.337 e. The Morgan fingerprint density at radius 3 is 2.76 bits per heavy atom. The molecule has 0 spiro atoms. The fraction of sp³-hybridized carbons (Fsp3) is 0.667. The number of carbonyl (C=O) groups excluding carboxylic acids is 1. The summed E-state index contributed by atoms with van der Waals surface area (Å²) in [5.41, 5.74) is 5.92. The van der Waals surface area contributed by atoms with Gasteiger partial charge in [-0.15, -0.1) is 0 Å². The molecule has 1 rings (SSSR count). The lowest BCUT2D eigenvalue weighted by atomic mass is 9.99. The van der Waals surface area contributed by atoms with Gasteiger partial charge in [-0.1, -0.05) is 20.3 Å². The van der Waals surface area contributed by atoms with Gasteiger partial charge in [0.1, 0.15) is 5.82 Å². The van der Waals surface area contributed by atoms with Gasteiger partial charge in [0.15, 0.2) is 0 Å². The number of carbonyl (C=O) groups is 1. The molecule has 0 aliphatic carbocycles. The summed E-state index contributed by atoms with van der Waals surface area (Å²) in [6.45, 7) is 4.53. The first-order valence-corrected chi connectivity index (χ1v) is 5.94. The summed E-state index contributed by atoms with van der Waals surface area (Å²) in [6.07, 6.45) is 4.49. The predicted octanol–water partition coefficient (Wildman–Crippen LogP) is 0.752. The van der Waals surface area contributed by atoms with Crippen LogP contribution in [0.15, 0.2) is 12.4 Å². The molecule has 1 aromatic heterocycles. The van der Waals surface area contributed by atoms with E-state index in [1.165, 1.54) is 0 Å². The summed E-state index contributed by atoms with van der Waals surface area (Å²) in [4.78, 5) is 17.9. The van der Waals surface area contributed by atoms with Crippen LogP contribution in [0.5, 0.6) is 0 Å². The number of aromatic nitrogens is 2. The van der Waals surface area contributed by atoms with E-state index in [-0.39, 0.29) is 11.8 Å². The molecule has 2 atom stereocenters. The number of nitrogens with zero attached hydrogens (tertiary/aromatic N) is 3. The molecule has 5 heteroatoms. The van der Waals surface area contributed by atoms with Crippen LogP contribution >= 0.6 is 0 Å². The summed E-state index contributed by atoms with van der Waals surface area (Å²) in [7, 11) is 3.68. The van der Waals surface area contributed by atoms with Crippen molar-refractivity contribution in [1.29, 1.82) is 0 Å². The van der Waals surface area contributed by atoms with E-state index in [2.05, 4.69) is 4.98 Å². The van der Waals surface area contributed by atoms with E-state index in [1.54, 1.807) is 18.1 Å². The third-order valence-electron chi connectivity index (χ3n) is 3.22. The van der Waals surface area contributed by atoms with Crippen molar-refractivity contribution in [2.75, 3.05) is 7.05 Å². The van der Waals surface area contributed by atoms with Crippen molar-refractivity contribution in [2.24, 2.45) is 18.7 Å². The molecule has 1 aromatic rings. The molecule has 1 amide bonds. The van der Waals surface area contributed by atoms with Crippen LogP contribution in [0.4, 0.5) is 0 Å². The third-order valence-corrected chi connectivity index (χ3v) is 3.22. The third kappa shape index (κ3) is 3.30. The molecular formula is C12H22N4O. The van der Waals surface area contributed by atoms with Crippen molar-refractivity contribution in [3.63, 3.8) is 0 Å². The molecule has 0 bridgehead atoms. The van der Waals surface area contributed by atoms with Gasteiger partial charge < -0.3 is 15.2 Å². The molecule has 2 N–H and O–H groups in total. The molecule has 0 radical (unpaired) electrons. The number of imidazole rings is 1. The minimum absolute atomic E-state index is 0.0256. The normalized spacial score (nSPS) is 14.4. The first-order chi connectivity index (χ1) is 7.97. The van der Waals surface area contributed by atoms with Crippen molar-refractivity contribution in [3.8, 4) is 0 Å². The summed E-state index contributed by atoms with van der Waals surface area (Å²) in [6, 6.07) is -0.426. The molecule has 0 saturated carbocycles. The molecule has 0 aromatic carbocycles. The molecule has 17 heavy (non-hydrogen) atoms. The van der Waals surface area contributed by atoms with Crippen molar-refractivity contribution < 1.29 is 4.79 Å². The fourth-order valence-corrected chi connectivity index (χ4v) is 1.59. The lowest BCUT2D eigenvalue weighted by molar-refractivity contribution is -0.133. The van der Waals surface area contributed by atoms with Gasteiger partial charge in [-0.2, -0.15) is 0 Å². The Labute approximate surface area is 103 Å².